The summed E-state index contributed by atoms with van der Waals surface area (Å²) >= 11 is 0. The van der Waals surface area contributed by atoms with E-state index in [1.165, 1.54) is 14.2 Å². The zero-order chi connectivity index (χ0) is 15.3. The van der Waals surface area contributed by atoms with Crippen molar-refractivity contribution >= 4 is 12.0 Å². The Balaban J connectivity index is 3.27. The smallest absolute Gasteiger partial charge is 0.331 e. The molecule has 2 N–H and O–H groups in total. The highest BCUT2D eigenvalue weighted by Crippen LogP contribution is 2.37. The summed E-state index contributed by atoms with van der Waals surface area (Å²) in [5.41, 5.74) is 0.907. The molecule has 0 saturated heterocycles. The van der Waals surface area contributed by atoms with E-state index in [0.717, 1.165) is 0 Å². The number of aromatic hydroxyl groups is 1. The Morgan fingerprint density at radius 3 is 2.10 bits per heavy atom. The fourth-order valence-corrected chi connectivity index (χ4v) is 1.85. The molecular formula is C15H20O5. The summed E-state index contributed by atoms with van der Waals surface area (Å²) in [6.45, 7) is 3.91. The Morgan fingerprint density at radius 1 is 1.25 bits per heavy atom. The van der Waals surface area contributed by atoms with Crippen LogP contribution in [0, 0.1) is 5.92 Å². The van der Waals surface area contributed by atoms with Crippen LogP contribution in [0.2, 0.25) is 0 Å². The predicted molar refractivity (Wildman–Crippen MR) is 76.3 cm³/mol. The lowest BCUT2D eigenvalue weighted by molar-refractivity contribution is -0.132. The predicted octanol–water partition coefficient (Wildman–Crippen LogP) is 2.92. The van der Waals surface area contributed by atoms with E-state index in [1.807, 2.05) is 13.8 Å². The summed E-state index contributed by atoms with van der Waals surface area (Å²) < 4.78 is 10.1. The van der Waals surface area contributed by atoms with Crippen LogP contribution in [0.3, 0.4) is 0 Å². The van der Waals surface area contributed by atoms with Gasteiger partial charge < -0.3 is 19.7 Å². The highest BCUT2D eigenvalue weighted by molar-refractivity contribution is 5.92. The Morgan fingerprint density at radius 2 is 1.75 bits per heavy atom. The molecule has 0 bridgehead atoms. The lowest BCUT2D eigenvalue weighted by Crippen LogP contribution is -2.04. The third kappa shape index (κ3) is 3.91. The maximum absolute atomic E-state index is 11.2. The minimum absolute atomic E-state index is 0.104. The van der Waals surface area contributed by atoms with E-state index in [4.69, 9.17) is 9.47 Å². The van der Waals surface area contributed by atoms with Crippen molar-refractivity contribution in [2.45, 2.75) is 20.3 Å². The molecule has 5 nitrogen and oxygen atoms in total. The largest absolute Gasteiger partial charge is 0.502 e. The van der Waals surface area contributed by atoms with Gasteiger partial charge in [0.1, 0.15) is 0 Å². The lowest BCUT2D eigenvalue weighted by atomic mass is 10.0. The molecule has 0 fully saturated rings. The van der Waals surface area contributed by atoms with Crippen molar-refractivity contribution < 1.29 is 24.5 Å². The van der Waals surface area contributed by atoms with Gasteiger partial charge in [-0.3, -0.25) is 0 Å². The molecule has 0 spiro atoms. The fourth-order valence-electron chi connectivity index (χ4n) is 1.85. The van der Waals surface area contributed by atoms with Crippen LogP contribution < -0.4 is 9.47 Å². The molecule has 0 heterocycles. The minimum Gasteiger partial charge on any atom is -0.502 e. The number of phenols is 1. The van der Waals surface area contributed by atoms with Gasteiger partial charge in [-0.15, -0.1) is 0 Å². The average Bonchev–Trinajstić information content (AvgIpc) is 2.38. The number of phenolic OH excluding ortho intramolecular Hbond substituents is 1. The topological polar surface area (TPSA) is 76.0 Å². The minimum atomic E-state index is -0.954. The first-order valence-electron chi connectivity index (χ1n) is 6.27. The number of carboxylic acid groups (broad SMARTS) is 1. The van der Waals surface area contributed by atoms with Crippen molar-refractivity contribution in [3.05, 3.63) is 23.3 Å². The average molecular weight is 280 g/mol. The zero-order valence-electron chi connectivity index (χ0n) is 12.1. The Hall–Kier alpha value is -2.17. The van der Waals surface area contributed by atoms with Crippen molar-refractivity contribution in [3.63, 3.8) is 0 Å². The van der Waals surface area contributed by atoms with Crippen molar-refractivity contribution in [1.82, 2.24) is 0 Å². The molecule has 1 rings (SSSR count). The summed E-state index contributed by atoms with van der Waals surface area (Å²) in [5.74, 6) is -0.342. The molecule has 1 aromatic rings. The normalized spacial score (nSPS) is 11.6. The zero-order valence-corrected chi connectivity index (χ0v) is 12.1. The van der Waals surface area contributed by atoms with Gasteiger partial charge in [-0.2, -0.15) is 0 Å². The van der Waals surface area contributed by atoms with Gasteiger partial charge in [0.25, 0.3) is 0 Å². The first-order chi connectivity index (χ1) is 9.38. The summed E-state index contributed by atoms with van der Waals surface area (Å²) in [6, 6.07) is 3.14. The highest BCUT2D eigenvalue weighted by Gasteiger charge is 2.13. The number of rotatable bonds is 6. The van der Waals surface area contributed by atoms with Crippen LogP contribution >= 0.6 is 0 Å². The molecule has 0 aromatic heterocycles. The van der Waals surface area contributed by atoms with E-state index in [2.05, 4.69) is 0 Å². The molecule has 0 aliphatic heterocycles. The van der Waals surface area contributed by atoms with Gasteiger partial charge in [0.15, 0.2) is 11.5 Å². The van der Waals surface area contributed by atoms with Crippen LogP contribution in [0.5, 0.6) is 17.2 Å². The fraction of sp³-hybridized carbons (Fsp3) is 0.400. The second-order valence-corrected chi connectivity index (χ2v) is 4.85. The van der Waals surface area contributed by atoms with E-state index < -0.39 is 5.97 Å². The van der Waals surface area contributed by atoms with Gasteiger partial charge in [0.05, 0.1) is 14.2 Å². The summed E-state index contributed by atoms with van der Waals surface area (Å²) in [7, 11) is 2.85. The maximum atomic E-state index is 11.2. The van der Waals surface area contributed by atoms with E-state index in [9.17, 15) is 15.0 Å². The summed E-state index contributed by atoms with van der Waals surface area (Å²) in [5, 5.41) is 19.0. The third-order valence-corrected chi connectivity index (χ3v) is 2.75. The van der Waals surface area contributed by atoms with E-state index in [-0.39, 0.29) is 23.2 Å². The van der Waals surface area contributed by atoms with Gasteiger partial charge >= 0.3 is 5.97 Å². The SMILES string of the molecule is COc1cc(C=C(CC(C)C)C(=O)O)cc(OC)c1O. The molecule has 0 aliphatic carbocycles. The number of aliphatic carboxylic acids is 1. The molecule has 0 radical (unpaired) electrons. The van der Waals surface area contributed by atoms with Crippen LogP contribution in [0.1, 0.15) is 25.8 Å². The summed E-state index contributed by atoms with van der Waals surface area (Å²) in [4.78, 5) is 11.2. The molecule has 1 aromatic carbocycles. The first-order valence-corrected chi connectivity index (χ1v) is 6.27. The Bertz CT molecular complexity index is 492. The number of ether oxygens (including phenoxy) is 2. The molecular weight excluding hydrogens is 260 g/mol. The molecule has 20 heavy (non-hydrogen) atoms. The van der Waals surface area contributed by atoms with Gasteiger partial charge in [-0.05, 0) is 36.1 Å². The standard InChI is InChI=1S/C15H20O5/c1-9(2)5-11(15(17)18)6-10-7-12(19-3)14(16)13(8-10)20-4/h6-9,16H,5H2,1-4H3,(H,17,18). The molecule has 110 valence electrons. The Labute approximate surface area is 118 Å². The molecule has 5 heteroatoms. The van der Waals surface area contributed by atoms with Gasteiger partial charge in [0.2, 0.25) is 5.75 Å². The number of carboxylic acids is 1. The van der Waals surface area contributed by atoms with Crippen LogP contribution in [-0.4, -0.2) is 30.4 Å². The Kier molecular flexibility index (Phi) is 5.43. The number of carbonyl (C=O) groups is 1. The second kappa shape index (κ2) is 6.84. The van der Waals surface area contributed by atoms with Crippen molar-refractivity contribution in [1.29, 1.82) is 0 Å². The van der Waals surface area contributed by atoms with Gasteiger partial charge in [-0.25, -0.2) is 4.79 Å². The van der Waals surface area contributed by atoms with Crippen molar-refractivity contribution in [3.8, 4) is 17.2 Å². The number of benzene rings is 1. The van der Waals surface area contributed by atoms with E-state index >= 15 is 0 Å². The second-order valence-electron chi connectivity index (χ2n) is 4.85. The molecule has 0 atom stereocenters. The third-order valence-electron chi connectivity index (χ3n) is 2.75. The monoisotopic (exact) mass is 280 g/mol. The van der Waals surface area contributed by atoms with Crippen LogP contribution in [0.25, 0.3) is 6.08 Å². The molecule has 0 saturated carbocycles. The number of hydrogen-bond donors (Lipinski definition) is 2. The first kappa shape index (κ1) is 15.9. The van der Waals surface area contributed by atoms with Crippen LogP contribution in [-0.2, 0) is 4.79 Å². The van der Waals surface area contributed by atoms with Crippen molar-refractivity contribution in [2.24, 2.45) is 5.92 Å². The maximum Gasteiger partial charge on any atom is 0.331 e. The molecule has 0 amide bonds. The highest BCUT2D eigenvalue weighted by atomic mass is 16.5. The number of hydrogen-bond acceptors (Lipinski definition) is 4. The molecule has 0 aliphatic rings. The molecule has 0 unspecified atom stereocenters. The lowest BCUT2D eigenvalue weighted by Gasteiger charge is -2.11. The quantitative estimate of drug-likeness (QED) is 0.783. The van der Waals surface area contributed by atoms with E-state index in [0.29, 0.717) is 17.6 Å². The van der Waals surface area contributed by atoms with Crippen LogP contribution in [0.15, 0.2) is 17.7 Å². The van der Waals surface area contributed by atoms with Crippen LogP contribution in [0.4, 0.5) is 0 Å². The summed E-state index contributed by atoms with van der Waals surface area (Å²) in [6.07, 6.45) is 2.02. The van der Waals surface area contributed by atoms with E-state index in [1.54, 1.807) is 18.2 Å². The number of methoxy groups -OCH3 is 2. The van der Waals surface area contributed by atoms with Crippen molar-refractivity contribution in [2.75, 3.05) is 14.2 Å². The van der Waals surface area contributed by atoms with Gasteiger partial charge in [-0.1, -0.05) is 13.8 Å². The van der Waals surface area contributed by atoms with Gasteiger partial charge in [0, 0.05) is 5.57 Å².